The van der Waals surface area contributed by atoms with Crippen molar-refractivity contribution in [2.75, 3.05) is 30.3 Å². The predicted octanol–water partition coefficient (Wildman–Crippen LogP) is 5.90. The number of halogens is 3. The first-order valence-corrected chi connectivity index (χ1v) is 14.1. The largest absolute Gasteiger partial charge is 0.497 e. The zero-order chi connectivity index (χ0) is 25.4. The fourth-order valence-electron chi connectivity index (χ4n) is 3.07. The minimum atomic E-state index is -4.02. The Hall–Kier alpha value is -2.10. The first-order valence-electron chi connectivity index (χ1n) is 10.4. The maximum absolute atomic E-state index is 13.4. The van der Waals surface area contributed by atoms with Crippen molar-refractivity contribution >= 4 is 68.2 Å². The third kappa shape index (κ3) is 7.69. The van der Waals surface area contributed by atoms with Gasteiger partial charge in [-0.15, -0.1) is 0 Å². The molecular formula is C24H23Cl3N2O4S2. The van der Waals surface area contributed by atoms with E-state index in [9.17, 15) is 13.2 Å². The van der Waals surface area contributed by atoms with E-state index in [4.69, 9.17) is 39.5 Å². The maximum Gasteiger partial charge on any atom is 0.264 e. The Morgan fingerprint density at radius 3 is 2.26 bits per heavy atom. The number of hydrogen-bond acceptors (Lipinski definition) is 5. The Bertz CT molecular complexity index is 1250. The summed E-state index contributed by atoms with van der Waals surface area (Å²) in [7, 11) is -2.53. The molecule has 0 radical (unpaired) electrons. The summed E-state index contributed by atoms with van der Waals surface area (Å²) in [6.45, 7) is -0.0184. The summed E-state index contributed by atoms with van der Waals surface area (Å²) >= 11 is 19.7. The minimum absolute atomic E-state index is 0.0384. The van der Waals surface area contributed by atoms with Crippen molar-refractivity contribution in [2.45, 2.75) is 10.6 Å². The van der Waals surface area contributed by atoms with Crippen molar-refractivity contribution in [3.8, 4) is 5.75 Å². The average Bonchev–Trinajstić information content (AvgIpc) is 2.84. The van der Waals surface area contributed by atoms with Crippen LogP contribution in [0.3, 0.4) is 0 Å². The first kappa shape index (κ1) is 27.5. The fraction of sp³-hybridized carbons (Fsp3) is 0.208. The lowest BCUT2D eigenvalue weighted by molar-refractivity contribution is -0.119. The van der Waals surface area contributed by atoms with Gasteiger partial charge in [0.2, 0.25) is 5.91 Å². The lowest BCUT2D eigenvalue weighted by Crippen LogP contribution is -2.41. The summed E-state index contributed by atoms with van der Waals surface area (Å²) in [5.74, 6) is 1.38. The monoisotopic (exact) mass is 572 g/mol. The number of benzene rings is 3. The van der Waals surface area contributed by atoms with Crippen LogP contribution in [0.15, 0.2) is 71.6 Å². The van der Waals surface area contributed by atoms with Crippen molar-refractivity contribution in [2.24, 2.45) is 0 Å². The summed E-state index contributed by atoms with van der Waals surface area (Å²) < 4.78 is 32.9. The molecule has 0 fully saturated rings. The molecule has 0 bridgehead atoms. The molecule has 186 valence electrons. The number of anilines is 1. The molecule has 3 rings (SSSR count). The Morgan fingerprint density at radius 1 is 0.971 bits per heavy atom. The van der Waals surface area contributed by atoms with Gasteiger partial charge in [-0.3, -0.25) is 9.10 Å². The molecule has 0 saturated heterocycles. The molecule has 6 nitrogen and oxygen atoms in total. The van der Waals surface area contributed by atoms with E-state index in [0.29, 0.717) is 44.6 Å². The highest BCUT2D eigenvalue weighted by Gasteiger charge is 2.27. The van der Waals surface area contributed by atoms with Gasteiger partial charge in [-0.05, 0) is 66.2 Å². The van der Waals surface area contributed by atoms with E-state index in [0.717, 1.165) is 9.87 Å². The summed E-state index contributed by atoms with van der Waals surface area (Å²) in [5, 5.41) is 4.41. The molecule has 0 aliphatic carbocycles. The van der Waals surface area contributed by atoms with Crippen LogP contribution in [0.5, 0.6) is 5.75 Å². The number of rotatable bonds is 11. The van der Waals surface area contributed by atoms with Gasteiger partial charge in [-0.25, -0.2) is 8.42 Å². The van der Waals surface area contributed by atoms with Gasteiger partial charge in [0.25, 0.3) is 10.0 Å². The van der Waals surface area contributed by atoms with Crippen molar-refractivity contribution in [1.29, 1.82) is 0 Å². The second-order valence-electron chi connectivity index (χ2n) is 7.30. The number of ether oxygens (including phenoxy) is 1. The van der Waals surface area contributed by atoms with Crippen molar-refractivity contribution in [1.82, 2.24) is 5.32 Å². The number of amides is 1. The van der Waals surface area contributed by atoms with Gasteiger partial charge in [0.1, 0.15) is 12.3 Å². The standard InChI is InChI=1S/C24H23Cl3N2O4S2/c1-33-21-8-10-22(11-9-21)35(31,32)29(20-6-4-18(25)5-7-20)15-24(30)28-12-13-34-16-17-2-3-19(26)14-23(17)27/h2-11,14H,12-13,15-16H2,1H3,(H,28,30). The third-order valence-corrected chi connectivity index (χ3v) is 8.53. The lowest BCUT2D eigenvalue weighted by Gasteiger charge is -2.24. The average molecular weight is 574 g/mol. The third-order valence-electron chi connectivity index (χ3n) is 4.89. The van der Waals surface area contributed by atoms with E-state index in [1.54, 1.807) is 60.3 Å². The van der Waals surface area contributed by atoms with Crippen LogP contribution >= 0.6 is 46.6 Å². The Labute approximate surface area is 224 Å². The first-order chi connectivity index (χ1) is 16.7. The highest BCUT2D eigenvalue weighted by Crippen LogP contribution is 2.27. The molecule has 35 heavy (non-hydrogen) atoms. The van der Waals surface area contributed by atoms with E-state index >= 15 is 0 Å². The van der Waals surface area contributed by atoms with Crippen LogP contribution < -0.4 is 14.4 Å². The van der Waals surface area contributed by atoms with Crippen LogP contribution in [0.4, 0.5) is 5.69 Å². The highest BCUT2D eigenvalue weighted by atomic mass is 35.5. The number of nitrogens with zero attached hydrogens (tertiary/aromatic N) is 1. The van der Waals surface area contributed by atoms with Gasteiger partial charge >= 0.3 is 0 Å². The van der Waals surface area contributed by atoms with Crippen molar-refractivity contribution in [3.63, 3.8) is 0 Å². The molecule has 0 unspecified atom stereocenters. The molecule has 3 aromatic carbocycles. The molecule has 3 aromatic rings. The molecule has 0 spiro atoms. The number of carbonyl (C=O) groups is 1. The van der Waals surface area contributed by atoms with Gasteiger partial charge in [0.15, 0.2) is 0 Å². The second-order valence-corrected chi connectivity index (χ2v) is 11.5. The minimum Gasteiger partial charge on any atom is -0.497 e. The molecule has 0 heterocycles. The molecule has 0 saturated carbocycles. The number of methoxy groups -OCH3 is 1. The van der Waals surface area contributed by atoms with Gasteiger partial charge in [0.05, 0.1) is 17.7 Å². The van der Waals surface area contributed by atoms with Crippen molar-refractivity contribution < 1.29 is 17.9 Å². The molecule has 0 aliphatic rings. The second kappa shape index (κ2) is 12.7. The normalized spacial score (nSPS) is 11.2. The smallest absolute Gasteiger partial charge is 0.264 e. The Morgan fingerprint density at radius 2 is 1.63 bits per heavy atom. The zero-order valence-electron chi connectivity index (χ0n) is 18.7. The summed E-state index contributed by atoms with van der Waals surface area (Å²) in [6.07, 6.45) is 0. The molecule has 1 N–H and O–H groups in total. The number of thioether (sulfide) groups is 1. The lowest BCUT2D eigenvalue weighted by atomic mass is 10.2. The van der Waals surface area contributed by atoms with Crippen LogP contribution in [0.25, 0.3) is 0 Å². The van der Waals surface area contributed by atoms with Crippen molar-refractivity contribution in [3.05, 3.63) is 87.4 Å². The number of carbonyl (C=O) groups excluding carboxylic acids is 1. The van der Waals surface area contributed by atoms with Gasteiger partial charge in [0, 0.05) is 33.1 Å². The van der Waals surface area contributed by atoms with Crippen LogP contribution in [0, 0.1) is 0 Å². The van der Waals surface area contributed by atoms with Gasteiger partial charge in [-0.1, -0.05) is 40.9 Å². The van der Waals surface area contributed by atoms with Crippen LogP contribution in [-0.2, 0) is 20.6 Å². The predicted molar refractivity (Wildman–Crippen MR) is 145 cm³/mol. The topological polar surface area (TPSA) is 75.7 Å². The van der Waals surface area contributed by atoms with Gasteiger partial charge in [-0.2, -0.15) is 11.8 Å². The van der Waals surface area contributed by atoms with E-state index in [1.165, 1.54) is 19.2 Å². The van der Waals surface area contributed by atoms with Gasteiger partial charge < -0.3 is 10.1 Å². The van der Waals surface area contributed by atoms with Crippen LogP contribution in [-0.4, -0.2) is 40.3 Å². The Balaban J connectivity index is 1.64. The molecule has 1 amide bonds. The van der Waals surface area contributed by atoms with E-state index in [-0.39, 0.29) is 11.4 Å². The van der Waals surface area contributed by atoms with Crippen LogP contribution in [0.1, 0.15) is 5.56 Å². The summed E-state index contributed by atoms with van der Waals surface area (Å²) in [5.41, 5.74) is 1.28. The molecule has 11 heteroatoms. The quantitative estimate of drug-likeness (QED) is 0.289. The maximum atomic E-state index is 13.4. The molecular weight excluding hydrogens is 551 g/mol. The number of hydrogen-bond donors (Lipinski definition) is 1. The molecule has 0 aliphatic heterocycles. The van der Waals surface area contributed by atoms with E-state index < -0.39 is 15.9 Å². The molecule has 0 aromatic heterocycles. The number of nitrogens with one attached hydrogen (secondary N) is 1. The summed E-state index contributed by atoms with van der Waals surface area (Å²) in [6, 6.07) is 17.6. The zero-order valence-corrected chi connectivity index (χ0v) is 22.6. The SMILES string of the molecule is COc1ccc(S(=O)(=O)N(CC(=O)NCCSCc2ccc(Cl)cc2Cl)c2ccc(Cl)cc2)cc1. The summed E-state index contributed by atoms with van der Waals surface area (Å²) in [4.78, 5) is 12.7. The van der Waals surface area contributed by atoms with Crippen LogP contribution in [0.2, 0.25) is 15.1 Å². The van der Waals surface area contributed by atoms with E-state index in [2.05, 4.69) is 5.32 Å². The Kier molecular flexibility index (Phi) is 10.0. The molecule has 0 atom stereocenters. The fourth-order valence-corrected chi connectivity index (χ4v) is 6.03. The number of sulfonamides is 1. The van der Waals surface area contributed by atoms with E-state index in [1.807, 2.05) is 6.07 Å². The highest BCUT2D eigenvalue weighted by molar-refractivity contribution is 7.98.